The Labute approximate surface area is 118 Å². The van der Waals surface area contributed by atoms with Gasteiger partial charge in [-0.3, -0.25) is 4.79 Å². The van der Waals surface area contributed by atoms with Crippen LogP contribution in [0.3, 0.4) is 0 Å². The molecule has 7 heteroatoms. The maximum atomic E-state index is 11.9. The van der Waals surface area contributed by atoms with Crippen molar-refractivity contribution in [2.24, 2.45) is 0 Å². The van der Waals surface area contributed by atoms with E-state index < -0.39 is 0 Å². The molecule has 0 fully saturated rings. The molecule has 2 N–H and O–H groups in total. The van der Waals surface area contributed by atoms with Crippen LogP contribution in [-0.2, 0) is 0 Å². The highest BCUT2D eigenvalue weighted by Gasteiger charge is 2.11. The summed E-state index contributed by atoms with van der Waals surface area (Å²) in [4.78, 5) is 12.3. The third kappa shape index (κ3) is 3.51. The number of aromatic nitrogens is 2. The van der Waals surface area contributed by atoms with Crippen LogP contribution >= 0.6 is 23.1 Å². The van der Waals surface area contributed by atoms with E-state index in [2.05, 4.69) is 26.7 Å². The summed E-state index contributed by atoms with van der Waals surface area (Å²) in [6.45, 7) is -0.255. The van der Waals surface area contributed by atoms with Gasteiger partial charge in [-0.2, -0.15) is 0 Å². The van der Waals surface area contributed by atoms with Crippen molar-refractivity contribution in [2.75, 3.05) is 11.9 Å². The van der Waals surface area contributed by atoms with E-state index in [4.69, 9.17) is 16.7 Å². The first kappa shape index (κ1) is 13.5. The molecule has 0 spiro atoms. The van der Waals surface area contributed by atoms with Crippen LogP contribution in [0, 0.1) is 11.8 Å². The molecule has 0 aliphatic carbocycles. The summed E-state index contributed by atoms with van der Waals surface area (Å²) in [5, 5.41) is 15.5. The van der Waals surface area contributed by atoms with E-state index in [-0.39, 0.29) is 12.5 Å². The van der Waals surface area contributed by atoms with Crippen molar-refractivity contribution in [3.8, 4) is 11.8 Å². The number of nitrogens with zero attached hydrogens (tertiary/aromatic N) is 2. The van der Waals surface area contributed by atoms with Crippen molar-refractivity contribution in [1.29, 1.82) is 0 Å². The largest absolute Gasteiger partial charge is 0.384 e. The summed E-state index contributed by atoms with van der Waals surface area (Å²) in [6.07, 6.45) is 1.38. The average molecular weight is 294 g/mol. The summed E-state index contributed by atoms with van der Waals surface area (Å²) in [7, 11) is 0. The van der Waals surface area contributed by atoms with Crippen molar-refractivity contribution in [2.45, 2.75) is 0 Å². The third-order valence-corrected chi connectivity index (χ3v) is 3.02. The zero-order valence-electron chi connectivity index (χ0n) is 9.55. The molecule has 0 aliphatic heterocycles. The lowest BCUT2D eigenvalue weighted by Crippen LogP contribution is -2.11. The third-order valence-electron chi connectivity index (χ3n) is 2.12. The van der Waals surface area contributed by atoms with Gasteiger partial charge >= 0.3 is 0 Å². The standard InChI is InChI=1S/C12H8ClN3O2S/c13-9-4-3-8(2-1-5-17)10(6-9)15-12(18)11-7-14-16-19-11/h3-4,6-7,17H,5H2,(H,15,18). The Morgan fingerprint density at radius 3 is 3.05 bits per heavy atom. The Balaban J connectivity index is 2.28. The SMILES string of the molecule is O=C(Nc1cc(Cl)ccc1C#CCO)c1cnns1. The van der Waals surface area contributed by atoms with Crippen LogP contribution in [0.1, 0.15) is 15.2 Å². The number of amides is 1. The van der Waals surface area contributed by atoms with Gasteiger partial charge in [0.25, 0.3) is 5.91 Å². The fourth-order valence-electron chi connectivity index (χ4n) is 1.31. The van der Waals surface area contributed by atoms with Gasteiger partial charge in [0.2, 0.25) is 0 Å². The number of carbonyl (C=O) groups excluding carboxylic acids is 1. The lowest BCUT2D eigenvalue weighted by atomic mass is 10.2. The predicted molar refractivity (Wildman–Crippen MR) is 73.3 cm³/mol. The van der Waals surface area contributed by atoms with Gasteiger partial charge < -0.3 is 10.4 Å². The number of anilines is 1. The summed E-state index contributed by atoms with van der Waals surface area (Å²) in [5.41, 5.74) is 1.05. The van der Waals surface area contributed by atoms with Gasteiger partial charge in [-0.15, -0.1) is 5.10 Å². The summed E-state index contributed by atoms with van der Waals surface area (Å²) >= 11 is 6.88. The smallest absolute Gasteiger partial charge is 0.269 e. The number of rotatable bonds is 2. The molecule has 0 saturated carbocycles. The minimum absolute atomic E-state index is 0.255. The van der Waals surface area contributed by atoms with Gasteiger partial charge in [-0.05, 0) is 29.7 Å². The quantitative estimate of drug-likeness (QED) is 0.828. The molecule has 0 aliphatic rings. The number of aliphatic hydroxyl groups excluding tert-OH is 1. The van der Waals surface area contributed by atoms with Crippen molar-refractivity contribution in [3.05, 3.63) is 39.9 Å². The molecule has 19 heavy (non-hydrogen) atoms. The molecule has 1 aromatic heterocycles. The first-order chi connectivity index (χ1) is 9.20. The Morgan fingerprint density at radius 1 is 1.53 bits per heavy atom. The molecule has 1 heterocycles. The monoisotopic (exact) mass is 293 g/mol. The first-order valence-electron chi connectivity index (χ1n) is 5.18. The molecule has 0 radical (unpaired) electrons. The van der Waals surface area contributed by atoms with Crippen molar-refractivity contribution < 1.29 is 9.90 Å². The van der Waals surface area contributed by atoms with Crippen molar-refractivity contribution in [3.63, 3.8) is 0 Å². The number of aliphatic hydroxyl groups is 1. The van der Waals surface area contributed by atoms with Gasteiger partial charge in [-0.1, -0.05) is 27.9 Å². The maximum absolute atomic E-state index is 11.9. The second-order valence-electron chi connectivity index (χ2n) is 3.39. The van der Waals surface area contributed by atoms with Crippen LogP contribution in [0.5, 0.6) is 0 Å². The van der Waals surface area contributed by atoms with E-state index in [1.54, 1.807) is 18.2 Å². The Kier molecular flexibility index (Phi) is 4.47. The van der Waals surface area contributed by atoms with Crippen LogP contribution < -0.4 is 5.32 Å². The van der Waals surface area contributed by atoms with Crippen molar-refractivity contribution in [1.82, 2.24) is 9.59 Å². The van der Waals surface area contributed by atoms with Crippen LogP contribution in [0.15, 0.2) is 24.4 Å². The number of benzene rings is 1. The molecule has 0 atom stereocenters. The number of hydrogen-bond acceptors (Lipinski definition) is 5. The zero-order valence-corrected chi connectivity index (χ0v) is 11.1. The summed E-state index contributed by atoms with van der Waals surface area (Å²) < 4.78 is 3.62. The van der Waals surface area contributed by atoms with Crippen molar-refractivity contribution >= 4 is 34.7 Å². The Morgan fingerprint density at radius 2 is 2.37 bits per heavy atom. The van der Waals surface area contributed by atoms with Crippen LogP contribution in [0.25, 0.3) is 0 Å². The minimum Gasteiger partial charge on any atom is -0.384 e. The number of carbonyl (C=O) groups is 1. The Bertz CT molecular complexity index is 647. The number of nitrogens with one attached hydrogen (secondary N) is 1. The molecular formula is C12H8ClN3O2S. The molecular weight excluding hydrogens is 286 g/mol. The maximum Gasteiger partial charge on any atom is 0.269 e. The van der Waals surface area contributed by atoms with E-state index >= 15 is 0 Å². The van der Waals surface area contributed by atoms with E-state index in [9.17, 15) is 4.79 Å². The molecule has 1 amide bonds. The predicted octanol–water partition coefficient (Wildman–Crippen LogP) is 1.79. The van der Waals surface area contributed by atoms with Crippen LogP contribution in [0.2, 0.25) is 5.02 Å². The molecule has 2 rings (SSSR count). The molecule has 1 aromatic carbocycles. The summed E-state index contributed by atoms with van der Waals surface area (Å²) in [5.74, 6) is 4.93. The fourth-order valence-corrected chi connectivity index (χ4v) is 1.90. The first-order valence-corrected chi connectivity index (χ1v) is 6.34. The molecule has 96 valence electrons. The molecule has 0 bridgehead atoms. The van der Waals surface area contributed by atoms with Gasteiger partial charge in [0.05, 0.1) is 11.9 Å². The molecule has 5 nitrogen and oxygen atoms in total. The topological polar surface area (TPSA) is 75.1 Å². The van der Waals surface area contributed by atoms with E-state index in [0.29, 0.717) is 21.2 Å². The lowest BCUT2D eigenvalue weighted by Gasteiger charge is -2.06. The van der Waals surface area contributed by atoms with Crippen LogP contribution in [-0.4, -0.2) is 27.2 Å². The van der Waals surface area contributed by atoms with Gasteiger partial charge in [0.1, 0.15) is 11.5 Å². The lowest BCUT2D eigenvalue weighted by molar-refractivity contribution is 0.103. The molecule has 2 aromatic rings. The molecule has 0 unspecified atom stereocenters. The van der Waals surface area contributed by atoms with Gasteiger partial charge in [-0.25, -0.2) is 0 Å². The van der Waals surface area contributed by atoms with Gasteiger partial charge in [0.15, 0.2) is 0 Å². The van der Waals surface area contributed by atoms with E-state index in [1.165, 1.54) is 6.20 Å². The average Bonchev–Trinajstić information content (AvgIpc) is 2.92. The molecule has 0 saturated heterocycles. The minimum atomic E-state index is -0.329. The normalized spacial score (nSPS) is 9.58. The zero-order chi connectivity index (χ0) is 13.7. The van der Waals surface area contributed by atoms with Gasteiger partial charge in [0, 0.05) is 10.6 Å². The highest BCUT2D eigenvalue weighted by molar-refractivity contribution is 7.07. The second kappa shape index (κ2) is 6.29. The van der Waals surface area contributed by atoms with E-state index in [1.807, 2.05) is 0 Å². The number of hydrogen-bond donors (Lipinski definition) is 2. The highest BCUT2D eigenvalue weighted by Crippen LogP contribution is 2.21. The fraction of sp³-hybridized carbons (Fsp3) is 0.0833. The second-order valence-corrected chi connectivity index (χ2v) is 4.61. The van der Waals surface area contributed by atoms with Crippen LogP contribution in [0.4, 0.5) is 5.69 Å². The highest BCUT2D eigenvalue weighted by atomic mass is 35.5. The van der Waals surface area contributed by atoms with E-state index in [0.717, 1.165) is 11.5 Å². The Hall–Kier alpha value is -1.94. The number of halogens is 1. The summed E-state index contributed by atoms with van der Waals surface area (Å²) in [6, 6.07) is 4.92.